The van der Waals surface area contributed by atoms with E-state index >= 15 is 0 Å². The molecule has 6 nitrogen and oxygen atoms in total. The Labute approximate surface area is 206 Å². The van der Waals surface area contributed by atoms with Gasteiger partial charge < -0.3 is 19.3 Å². The van der Waals surface area contributed by atoms with Gasteiger partial charge in [-0.25, -0.2) is 8.78 Å². The number of carbonyl (C=O) groups excluding carboxylic acids is 1. The number of pyridine rings is 1. The van der Waals surface area contributed by atoms with E-state index in [1.54, 1.807) is 0 Å². The van der Waals surface area contributed by atoms with Gasteiger partial charge in [-0.3, -0.25) is 9.59 Å². The Kier molecular flexibility index (Phi) is 6.64. The Bertz CT molecular complexity index is 1560. The minimum Gasteiger partial charge on any atom is -0.508 e. The molecule has 0 saturated carbocycles. The van der Waals surface area contributed by atoms with E-state index in [0.717, 1.165) is 46.0 Å². The van der Waals surface area contributed by atoms with Crippen LogP contribution in [0.2, 0.25) is 0 Å². The Morgan fingerprint density at radius 3 is 2.30 bits per heavy atom. The van der Waals surface area contributed by atoms with Gasteiger partial charge in [0.05, 0.1) is 18.2 Å². The standard InChI is InChI=1S/C26H19F5N2O4/c1-3-32(18-9-15(27)8-16(28)10-18)25(36)22-13-33(23-12-19(34)4-5-21(23)24(22)35)17-6-14(26(29,30)31)7-20(11-17)37-2/h4-13,34H,3H2,1-2H3. The molecule has 1 aromatic heterocycles. The first-order chi connectivity index (χ1) is 17.4. The fourth-order valence-corrected chi connectivity index (χ4v) is 3.97. The molecule has 4 rings (SSSR count). The molecule has 37 heavy (non-hydrogen) atoms. The summed E-state index contributed by atoms with van der Waals surface area (Å²) in [5, 5.41) is 9.93. The lowest BCUT2D eigenvalue weighted by Crippen LogP contribution is -2.35. The van der Waals surface area contributed by atoms with E-state index in [1.807, 2.05) is 0 Å². The normalized spacial score (nSPS) is 11.5. The number of hydrogen-bond donors (Lipinski definition) is 1. The molecule has 0 bridgehead atoms. The third-order valence-corrected chi connectivity index (χ3v) is 5.67. The number of amides is 1. The van der Waals surface area contributed by atoms with Gasteiger partial charge in [0.2, 0.25) is 5.43 Å². The zero-order chi connectivity index (χ0) is 27.1. The van der Waals surface area contributed by atoms with Crippen molar-refractivity contribution in [1.82, 2.24) is 4.57 Å². The second kappa shape index (κ2) is 9.57. The minimum atomic E-state index is -4.74. The highest BCUT2D eigenvalue weighted by Crippen LogP contribution is 2.34. The molecule has 0 aliphatic carbocycles. The van der Waals surface area contributed by atoms with Gasteiger partial charge in [0.25, 0.3) is 5.91 Å². The Hall–Kier alpha value is -4.41. The van der Waals surface area contributed by atoms with E-state index in [1.165, 1.54) is 32.2 Å². The first-order valence-electron chi connectivity index (χ1n) is 10.9. The van der Waals surface area contributed by atoms with Gasteiger partial charge in [-0.05, 0) is 43.3 Å². The van der Waals surface area contributed by atoms with Crippen molar-refractivity contribution in [2.24, 2.45) is 0 Å². The molecule has 0 aliphatic rings. The average Bonchev–Trinajstić information content (AvgIpc) is 2.83. The van der Waals surface area contributed by atoms with Crippen LogP contribution < -0.4 is 15.1 Å². The molecule has 3 aromatic carbocycles. The number of anilines is 1. The number of ether oxygens (including phenoxy) is 1. The van der Waals surface area contributed by atoms with Gasteiger partial charge in [-0.2, -0.15) is 13.2 Å². The van der Waals surface area contributed by atoms with E-state index in [9.17, 15) is 36.6 Å². The molecule has 1 heterocycles. The van der Waals surface area contributed by atoms with Crippen LogP contribution in [0.4, 0.5) is 27.6 Å². The summed E-state index contributed by atoms with van der Waals surface area (Å²) in [6, 6.07) is 8.88. The predicted molar refractivity (Wildman–Crippen MR) is 126 cm³/mol. The summed E-state index contributed by atoms with van der Waals surface area (Å²) < 4.78 is 74.6. The summed E-state index contributed by atoms with van der Waals surface area (Å²) in [7, 11) is 1.18. The van der Waals surface area contributed by atoms with Crippen LogP contribution in [0.1, 0.15) is 22.8 Å². The molecule has 0 spiro atoms. The number of methoxy groups -OCH3 is 1. The number of aromatic nitrogens is 1. The zero-order valence-corrected chi connectivity index (χ0v) is 19.4. The maximum Gasteiger partial charge on any atom is 0.416 e. The second-order valence-corrected chi connectivity index (χ2v) is 8.04. The number of aromatic hydroxyl groups is 1. The van der Waals surface area contributed by atoms with E-state index < -0.39 is 40.3 Å². The smallest absolute Gasteiger partial charge is 0.416 e. The van der Waals surface area contributed by atoms with Crippen LogP contribution in [0.5, 0.6) is 11.5 Å². The molecule has 0 fully saturated rings. The van der Waals surface area contributed by atoms with Crippen molar-refractivity contribution in [2.75, 3.05) is 18.6 Å². The minimum absolute atomic E-state index is 0.0165. The van der Waals surface area contributed by atoms with Crippen LogP contribution in [-0.2, 0) is 6.18 Å². The number of rotatable bonds is 5. The van der Waals surface area contributed by atoms with E-state index in [4.69, 9.17) is 4.74 Å². The summed E-state index contributed by atoms with van der Waals surface area (Å²) in [5.41, 5.74) is -2.56. The molecule has 0 unspecified atom stereocenters. The molecule has 0 aliphatic heterocycles. The van der Waals surface area contributed by atoms with Gasteiger partial charge in [0, 0.05) is 47.7 Å². The molecule has 4 aromatic rings. The van der Waals surface area contributed by atoms with Crippen LogP contribution in [0.3, 0.4) is 0 Å². The van der Waals surface area contributed by atoms with Crippen molar-refractivity contribution >= 4 is 22.5 Å². The number of carbonyl (C=O) groups is 1. The summed E-state index contributed by atoms with van der Waals surface area (Å²) in [4.78, 5) is 27.7. The van der Waals surface area contributed by atoms with E-state index in [0.29, 0.717) is 6.07 Å². The maximum absolute atomic E-state index is 13.8. The van der Waals surface area contributed by atoms with Crippen LogP contribution in [-0.4, -0.2) is 29.2 Å². The fraction of sp³-hybridized carbons (Fsp3) is 0.154. The summed E-state index contributed by atoms with van der Waals surface area (Å²) in [6.45, 7) is 1.45. The van der Waals surface area contributed by atoms with Crippen molar-refractivity contribution in [3.63, 3.8) is 0 Å². The van der Waals surface area contributed by atoms with Crippen molar-refractivity contribution in [2.45, 2.75) is 13.1 Å². The second-order valence-electron chi connectivity index (χ2n) is 8.04. The number of alkyl halides is 3. The Morgan fingerprint density at radius 2 is 1.70 bits per heavy atom. The van der Waals surface area contributed by atoms with Crippen molar-refractivity contribution in [1.29, 1.82) is 0 Å². The molecule has 1 amide bonds. The SMILES string of the molecule is CCN(C(=O)c1cn(-c2cc(OC)cc(C(F)(F)F)c2)c2cc(O)ccc2c1=O)c1cc(F)cc(F)c1. The molecule has 0 saturated heterocycles. The molecule has 0 radical (unpaired) electrons. The summed E-state index contributed by atoms with van der Waals surface area (Å²) in [5.74, 6) is -3.23. The highest BCUT2D eigenvalue weighted by Gasteiger charge is 2.32. The van der Waals surface area contributed by atoms with Gasteiger partial charge in [0.15, 0.2) is 0 Å². The largest absolute Gasteiger partial charge is 0.508 e. The zero-order valence-electron chi connectivity index (χ0n) is 19.4. The monoisotopic (exact) mass is 518 g/mol. The fourth-order valence-electron chi connectivity index (χ4n) is 3.97. The number of phenols is 1. The predicted octanol–water partition coefficient (Wildman–Crippen LogP) is 5.67. The summed E-state index contributed by atoms with van der Waals surface area (Å²) >= 11 is 0. The third kappa shape index (κ3) is 4.97. The number of nitrogens with zero attached hydrogens (tertiary/aromatic N) is 2. The highest BCUT2D eigenvalue weighted by atomic mass is 19.4. The number of hydrogen-bond acceptors (Lipinski definition) is 4. The van der Waals surface area contributed by atoms with Gasteiger partial charge >= 0.3 is 6.18 Å². The highest BCUT2D eigenvalue weighted by molar-refractivity contribution is 6.07. The van der Waals surface area contributed by atoms with E-state index in [2.05, 4.69) is 0 Å². The average molecular weight is 518 g/mol. The molecule has 11 heteroatoms. The molecule has 0 atom stereocenters. The van der Waals surface area contributed by atoms with Crippen molar-refractivity contribution in [3.05, 3.63) is 93.8 Å². The number of benzene rings is 3. The van der Waals surface area contributed by atoms with Gasteiger partial charge in [0.1, 0.15) is 28.7 Å². The lowest BCUT2D eigenvalue weighted by atomic mass is 10.1. The van der Waals surface area contributed by atoms with Crippen LogP contribution >= 0.6 is 0 Å². The molecule has 1 N–H and O–H groups in total. The molecule has 192 valence electrons. The lowest BCUT2D eigenvalue weighted by Gasteiger charge is -2.22. The van der Waals surface area contributed by atoms with Crippen LogP contribution in [0.25, 0.3) is 16.6 Å². The maximum atomic E-state index is 13.8. The van der Waals surface area contributed by atoms with Crippen LogP contribution in [0, 0.1) is 11.6 Å². The number of phenolic OH excluding ortho intramolecular Hbond substituents is 1. The van der Waals surface area contributed by atoms with Gasteiger partial charge in [-0.1, -0.05) is 0 Å². The molecular weight excluding hydrogens is 499 g/mol. The Morgan fingerprint density at radius 1 is 1.03 bits per heavy atom. The third-order valence-electron chi connectivity index (χ3n) is 5.67. The quantitative estimate of drug-likeness (QED) is 0.346. The van der Waals surface area contributed by atoms with E-state index in [-0.39, 0.29) is 40.3 Å². The number of halogens is 5. The van der Waals surface area contributed by atoms with Crippen molar-refractivity contribution in [3.8, 4) is 17.2 Å². The van der Waals surface area contributed by atoms with Gasteiger partial charge in [-0.15, -0.1) is 0 Å². The first kappa shape index (κ1) is 25.7. The Balaban J connectivity index is 2.00. The molecular formula is C26H19F5N2O4. The van der Waals surface area contributed by atoms with Crippen molar-refractivity contribution < 1.29 is 36.6 Å². The summed E-state index contributed by atoms with van der Waals surface area (Å²) in [6.07, 6.45) is -3.71. The topological polar surface area (TPSA) is 71.8 Å². The first-order valence-corrected chi connectivity index (χ1v) is 10.9. The number of fused-ring (bicyclic) bond motifs is 1. The van der Waals surface area contributed by atoms with Crippen LogP contribution in [0.15, 0.2) is 65.6 Å². The lowest BCUT2D eigenvalue weighted by molar-refractivity contribution is -0.137.